The minimum absolute atomic E-state index is 0.0307. The molecule has 0 amide bonds. The van der Waals surface area contributed by atoms with Crippen LogP contribution < -0.4 is 9.47 Å². The number of aliphatic hydroxyl groups is 1. The Balaban J connectivity index is 2.90. The van der Waals surface area contributed by atoms with Gasteiger partial charge in [0.2, 0.25) is 0 Å². The van der Waals surface area contributed by atoms with Gasteiger partial charge in [-0.1, -0.05) is 0 Å². The monoisotopic (exact) mass is 304 g/mol. The van der Waals surface area contributed by atoms with Gasteiger partial charge in [0.25, 0.3) is 0 Å². The van der Waals surface area contributed by atoms with Crippen LogP contribution in [0, 0.1) is 0 Å². The SMILES string of the molecule is CCOc1cc(CO)cc(Br)c1OCCOC. The summed E-state index contributed by atoms with van der Waals surface area (Å²) in [5.41, 5.74) is 0.777. The van der Waals surface area contributed by atoms with Gasteiger partial charge in [0, 0.05) is 7.11 Å². The summed E-state index contributed by atoms with van der Waals surface area (Å²) >= 11 is 3.40. The molecule has 1 aromatic rings. The lowest BCUT2D eigenvalue weighted by molar-refractivity contribution is 0.143. The number of rotatable bonds is 7. The van der Waals surface area contributed by atoms with E-state index in [9.17, 15) is 0 Å². The Morgan fingerprint density at radius 3 is 2.59 bits per heavy atom. The van der Waals surface area contributed by atoms with Gasteiger partial charge in [-0.3, -0.25) is 0 Å². The Bertz CT molecular complexity index is 355. The van der Waals surface area contributed by atoms with Crippen LogP contribution in [-0.2, 0) is 11.3 Å². The average Bonchev–Trinajstić information content (AvgIpc) is 2.32. The molecule has 1 rings (SSSR count). The van der Waals surface area contributed by atoms with E-state index in [1.807, 2.05) is 13.0 Å². The molecule has 96 valence electrons. The van der Waals surface area contributed by atoms with Gasteiger partial charge in [-0.2, -0.15) is 0 Å². The summed E-state index contributed by atoms with van der Waals surface area (Å²) in [5.74, 6) is 1.27. The van der Waals surface area contributed by atoms with Crippen molar-refractivity contribution in [2.24, 2.45) is 0 Å². The van der Waals surface area contributed by atoms with Crippen molar-refractivity contribution < 1.29 is 19.3 Å². The van der Waals surface area contributed by atoms with Crippen LogP contribution in [0.3, 0.4) is 0 Å². The second-order valence-corrected chi connectivity index (χ2v) is 4.19. The number of methoxy groups -OCH3 is 1. The van der Waals surface area contributed by atoms with Gasteiger partial charge in [-0.25, -0.2) is 0 Å². The molecule has 0 unspecified atom stereocenters. The second kappa shape index (κ2) is 7.53. The normalized spacial score (nSPS) is 10.4. The Morgan fingerprint density at radius 2 is 2.00 bits per heavy atom. The lowest BCUT2D eigenvalue weighted by Gasteiger charge is -2.14. The van der Waals surface area contributed by atoms with Crippen LogP contribution in [0.15, 0.2) is 16.6 Å². The quantitative estimate of drug-likeness (QED) is 0.786. The predicted octanol–water partition coefficient (Wildman–Crippen LogP) is 2.37. The van der Waals surface area contributed by atoms with E-state index in [4.69, 9.17) is 19.3 Å². The first-order valence-corrected chi connectivity index (χ1v) is 6.20. The highest BCUT2D eigenvalue weighted by Crippen LogP contribution is 2.36. The van der Waals surface area contributed by atoms with Gasteiger partial charge >= 0.3 is 0 Å². The third-order valence-corrected chi connectivity index (χ3v) is 2.67. The van der Waals surface area contributed by atoms with E-state index in [1.54, 1.807) is 13.2 Å². The first-order chi connectivity index (χ1) is 8.22. The lowest BCUT2D eigenvalue weighted by Crippen LogP contribution is -2.07. The maximum atomic E-state index is 9.12. The molecule has 4 nitrogen and oxygen atoms in total. The highest BCUT2D eigenvalue weighted by molar-refractivity contribution is 9.10. The molecule has 0 atom stereocenters. The lowest BCUT2D eigenvalue weighted by atomic mass is 10.2. The van der Waals surface area contributed by atoms with E-state index in [2.05, 4.69) is 15.9 Å². The number of hydrogen-bond acceptors (Lipinski definition) is 4. The largest absolute Gasteiger partial charge is 0.490 e. The van der Waals surface area contributed by atoms with Gasteiger partial charge in [0.05, 0.1) is 24.3 Å². The first-order valence-electron chi connectivity index (χ1n) is 5.40. The zero-order chi connectivity index (χ0) is 12.7. The molecular weight excluding hydrogens is 288 g/mol. The highest BCUT2D eigenvalue weighted by Gasteiger charge is 2.11. The molecule has 0 saturated heterocycles. The average molecular weight is 305 g/mol. The van der Waals surface area contributed by atoms with Crippen LogP contribution in [0.2, 0.25) is 0 Å². The van der Waals surface area contributed by atoms with Crippen molar-refractivity contribution in [1.82, 2.24) is 0 Å². The number of ether oxygens (including phenoxy) is 3. The van der Waals surface area contributed by atoms with E-state index >= 15 is 0 Å². The van der Waals surface area contributed by atoms with Crippen molar-refractivity contribution in [3.63, 3.8) is 0 Å². The molecule has 0 saturated carbocycles. The van der Waals surface area contributed by atoms with Crippen molar-refractivity contribution in [1.29, 1.82) is 0 Å². The zero-order valence-electron chi connectivity index (χ0n) is 10.0. The summed E-state index contributed by atoms with van der Waals surface area (Å²) in [5, 5.41) is 9.12. The van der Waals surface area contributed by atoms with Gasteiger partial charge in [-0.05, 0) is 40.5 Å². The van der Waals surface area contributed by atoms with Gasteiger partial charge < -0.3 is 19.3 Å². The maximum Gasteiger partial charge on any atom is 0.175 e. The van der Waals surface area contributed by atoms with Crippen molar-refractivity contribution in [3.8, 4) is 11.5 Å². The van der Waals surface area contributed by atoms with Gasteiger partial charge in [0.1, 0.15) is 6.61 Å². The van der Waals surface area contributed by atoms with Crippen LogP contribution in [0.25, 0.3) is 0 Å². The predicted molar refractivity (Wildman–Crippen MR) is 68.6 cm³/mol. The molecule has 1 N–H and O–H groups in total. The number of aliphatic hydroxyl groups excluding tert-OH is 1. The molecule has 0 heterocycles. The second-order valence-electron chi connectivity index (χ2n) is 3.34. The molecule has 0 spiro atoms. The first kappa shape index (κ1) is 14.3. The van der Waals surface area contributed by atoms with Crippen LogP contribution in [-0.4, -0.2) is 32.0 Å². The summed E-state index contributed by atoms with van der Waals surface area (Å²) in [6.45, 7) is 3.38. The Labute approximate surface area is 110 Å². The molecule has 0 aliphatic carbocycles. The Morgan fingerprint density at radius 1 is 1.24 bits per heavy atom. The van der Waals surface area contributed by atoms with Crippen molar-refractivity contribution >= 4 is 15.9 Å². The topological polar surface area (TPSA) is 47.9 Å². The van der Waals surface area contributed by atoms with Crippen molar-refractivity contribution in [2.45, 2.75) is 13.5 Å². The number of hydrogen-bond donors (Lipinski definition) is 1. The molecule has 17 heavy (non-hydrogen) atoms. The molecule has 0 aromatic heterocycles. The molecule has 0 bridgehead atoms. The van der Waals surface area contributed by atoms with E-state index < -0.39 is 0 Å². The fraction of sp³-hybridized carbons (Fsp3) is 0.500. The molecule has 0 aliphatic rings. The van der Waals surface area contributed by atoms with Crippen LogP contribution in [0.5, 0.6) is 11.5 Å². The fourth-order valence-corrected chi connectivity index (χ4v) is 1.95. The van der Waals surface area contributed by atoms with Crippen molar-refractivity contribution in [3.05, 3.63) is 22.2 Å². The fourth-order valence-electron chi connectivity index (χ4n) is 1.34. The van der Waals surface area contributed by atoms with Crippen LogP contribution in [0.4, 0.5) is 0 Å². The zero-order valence-corrected chi connectivity index (χ0v) is 11.6. The van der Waals surface area contributed by atoms with Crippen LogP contribution >= 0.6 is 15.9 Å². The summed E-state index contributed by atoms with van der Waals surface area (Å²) in [6.07, 6.45) is 0. The van der Waals surface area contributed by atoms with Gasteiger partial charge in [-0.15, -0.1) is 0 Å². The molecule has 0 fully saturated rings. The smallest absolute Gasteiger partial charge is 0.175 e. The van der Waals surface area contributed by atoms with Crippen molar-refractivity contribution in [2.75, 3.05) is 26.9 Å². The van der Waals surface area contributed by atoms with E-state index in [-0.39, 0.29) is 6.61 Å². The third kappa shape index (κ3) is 4.18. The Kier molecular flexibility index (Phi) is 6.32. The van der Waals surface area contributed by atoms with Gasteiger partial charge in [0.15, 0.2) is 11.5 Å². The minimum Gasteiger partial charge on any atom is -0.490 e. The third-order valence-electron chi connectivity index (χ3n) is 2.09. The summed E-state index contributed by atoms with van der Waals surface area (Å²) < 4.78 is 16.8. The van der Waals surface area contributed by atoms with Crippen LogP contribution in [0.1, 0.15) is 12.5 Å². The standard InChI is InChI=1S/C12H17BrO4/c1-3-16-11-7-9(8-14)6-10(13)12(11)17-5-4-15-2/h6-7,14H,3-5,8H2,1-2H3. The highest BCUT2D eigenvalue weighted by atomic mass is 79.9. The Hall–Kier alpha value is -0.780. The number of halogens is 1. The molecule has 5 heteroatoms. The van der Waals surface area contributed by atoms with E-state index in [0.29, 0.717) is 31.3 Å². The number of benzene rings is 1. The maximum absolute atomic E-state index is 9.12. The van der Waals surface area contributed by atoms with E-state index in [1.165, 1.54) is 0 Å². The summed E-state index contributed by atoms with van der Waals surface area (Å²) in [6, 6.07) is 3.58. The molecule has 1 aromatic carbocycles. The minimum atomic E-state index is -0.0307. The molecular formula is C12H17BrO4. The molecule has 0 radical (unpaired) electrons. The summed E-state index contributed by atoms with van der Waals surface area (Å²) in [4.78, 5) is 0. The summed E-state index contributed by atoms with van der Waals surface area (Å²) in [7, 11) is 1.62. The van der Waals surface area contributed by atoms with E-state index in [0.717, 1.165) is 10.0 Å². The molecule has 0 aliphatic heterocycles.